The van der Waals surface area contributed by atoms with Gasteiger partial charge < -0.3 is 23.7 Å². The number of allylic oxidation sites excluding steroid dienone is 1. The number of hydrogen-bond donors (Lipinski definition) is 0. The molecule has 0 radical (unpaired) electrons. The average molecular weight is 553 g/mol. The Balaban J connectivity index is 1.93. The van der Waals surface area contributed by atoms with E-state index in [1.165, 1.54) is 11.3 Å². The van der Waals surface area contributed by atoms with Crippen molar-refractivity contribution < 1.29 is 28.5 Å². The van der Waals surface area contributed by atoms with Gasteiger partial charge in [-0.05, 0) is 69.2 Å². The second-order valence-electron chi connectivity index (χ2n) is 8.49. The predicted octanol–water partition coefficient (Wildman–Crippen LogP) is 3.61. The first-order chi connectivity index (χ1) is 18.9. The standard InChI is InChI=1S/C29H32N2O7S/c1-7-36-22-14-18(10-12-20(22)34-5)15-24-27(32)31-26(19-11-13-21(35-6)23(16-19)37-8-2)25(28(33)38-9-3)17(4)30-29(31)39-24/h10-16,26H,7-9H2,1-6H3/b24-15-. The van der Waals surface area contributed by atoms with E-state index in [0.29, 0.717) is 62.4 Å². The van der Waals surface area contributed by atoms with Gasteiger partial charge in [-0.15, -0.1) is 0 Å². The Morgan fingerprint density at radius 3 is 2.21 bits per heavy atom. The van der Waals surface area contributed by atoms with Gasteiger partial charge in [0.2, 0.25) is 0 Å². The highest BCUT2D eigenvalue weighted by Gasteiger charge is 2.34. The second kappa shape index (κ2) is 12.2. The largest absolute Gasteiger partial charge is 0.493 e. The van der Waals surface area contributed by atoms with Crippen molar-refractivity contribution in [1.82, 2.24) is 4.57 Å². The Hall–Kier alpha value is -4.05. The maximum Gasteiger partial charge on any atom is 0.338 e. The molecule has 0 aliphatic carbocycles. The summed E-state index contributed by atoms with van der Waals surface area (Å²) in [6, 6.07) is 10.1. The van der Waals surface area contributed by atoms with Gasteiger partial charge in [-0.2, -0.15) is 0 Å². The van der Waals surface area contributed by atoms with Crippen LogP contribution in [0.15, 0.2) is 57.5 Å². The van der Waals surface area contributed by atoms with E-state index in [1.807, 2.05) is 32.0 Å². The van der Waals surface area contributed by atoms with Crippen molar-refractivity contribution in [2.75, 3.05) is 34.0 Å². The Kier molecular flexibility index (Phi) is 8.75. The Labute approximate surface area is 230 Å². The van der Waals surface area contributed by atoms with Crippen LogP contribution in [0.25, 0.3) is 6.08 Å². The normalized spacial score (nSPS) is 14.9. The molecule has 0 bridgehead atoms. The average Bonchev–Trinajstić information content (AvgIpc) is 3.22. The molecule has 1 aromatic heterocycles. The van der Waals surface area contributed by atoms with Crippen LogP contribution in [-0.2, 0) is 9.53 Å². The van der Waals surface area contributed by atoms with E-state index in [-0.39, 0.29) is 12.2 Å². The summed E-state index contributed by atoms with van der Waals surface area (Å²) < 4.78 is 29.7. The minimum absolute atomic E-state index is 0.194. The number of carbonyl (C=O) groups excluding carboxylic acids is 1. The quantitative estimate of drug-likeness (QED) is 0.355. The molecule has 0 spiro atoms. The van der Waals surface area contributed by atoms with Gasteiger partial charge in [0, 0.05) is 0 Å². The number of hydrogen-bond acceptors (Lipinski definition) is 9. The van der Waals surface area contributed by atoms with Gasteiger partial charge in [0.15, 0.2) is 27.8 Å². The first kappa shape index (κ1) is 28.0. The fraction of sp³-hybridized carbons (Fsp3) is 0.345. The lowest BCUT2D eigenvalue weighted by atomic mass is 9.95. The third-order valence-electron chi connectivity index (χ3n) is 6.11. The molecule has 1 aliphatic heterocycles. The molecule has 0 fully saturated rings. The summed E-state index contributed by atoms with van der Waals surface area (Å²) in [5.74, 6) is 1.73. The molecule has 4 rings (SSSR count). The summed E-state index contributed by atoms with van der Waals surface area (Å²) in [6.07, 6.45) is 1.78. The smallest absolute Gasteiger partial charge is 0.338 e. The van der Waals surface area contributed by atoms with Crippen molar-refractivity contribution in [2.24, 2.45) is 4.99 Å². The summed E-state index contributed by atoms with van der Waals surface area (Å²) in [5.41, 5.74) is 1.95. The minimum atomic E-state index is -0.762. The Morgan fingerprint density at radius 1 is 0.949 bits per heavy atom. The highest BCUT2D eigenvalue weighted by molar-refractivity contribution is 7.07. The minimum Gasteiger partial charge on any atom is -0.493 e. The molecule has 1 aliphatic rings. The van der Waals surface area contributed by atoms with Crippen LogP contribution in [-0.4, -0.2) is 44.6 Å². The summed E-state index contributed by atoms with van der Waals surface area (Å²) in [7, 11) is 3.14. The number of ether oxygens (including phenoxy) is 5. The number of esters is 1. The van der Waals surface area contributed by atoms with Crippen LogP contribution in [0.5, 0.6) is 23.0 Å². The van der Waals surface area contributed by atoms with E-state index < -0.39 is 12.0 Å². The molecule has 2 aromatic carbocycles. The molecule has 0 N–H and O–H groups in total. The van der Waals surface area contributed by atoms with E-state index >= 15 is 0 Å². The van der Waals surface area contributed by atoms with Crippen LogP contribution in [0.4, 0.5) is 0 Å². The van der Waals surface area contributed by atoms with Crippen molar-refractivity contribution in [3.8, 4) is 23.0 Å². The van der Waals surface area contributed by atoms with Gasteiger partial charge in [0.25, 0.3) is 5.56 Å². The number of rotatable bonds is 10. The third kappa shape index (κ3) is 5.56. The van der Waals surface area contributed by atoms with E-state index in [4.69, 9.17) is 23.7 Å². The van der Waals surface area contributed by atoms with E-state index in [2.05, 4.69) is 4.99 Å². The number of aromatic nitrogens is 1. The van der Waals surface area contributed by atoms with Crippen molar-refractivity contribution in [3.63, 3.8) is 0 Å². The van der Waals surface area contributed by atoms with Gasteiger partial charge in [-0.1, -0.05) is 23.5 Å². The fourth-order valence-corrected chi connectivity index (χ4v) is 5.49. The number of methoxy groups -OCH3 is 2. The molecule has 2 heterocycles. The molecule has 10 heteroatoms. The molecule has 9 nitrogen and oxygen atoms in total. The fourth-order valence-electron chi connectivity index (χ4n) is 4.44. The van der Waals surface area contributed by atoms with Gasteiger partial charge in [-0.25, -0.2) is 9.79 Å². The lowest BCUT2D eigenvalue weighted by molar-refractivity contribution is -0.139. The highest BCUT2D eigenvalue weighted by Crippen LogP contribution is 2.36. The molecule has 206 valence electrons. The maximum absolute atomic E-state index is 13.9. The maximum atomic E-state index is 13.9. The molecular formula is C29H32N2O7S. The van der Waals surface area contributed by atoms with E-state index in [0.717, 1.165) is 5.56 Å². The monoisotopic (exact) mass is 552 g/mol. The second-order valence-corrected chi connectivity index (χ2v) is 9.50. The van der Waals surface area contributed by atoms with Gasteiger partial charge in [-0.3, -0.25) is 9.36 Å². The SMILES string of the molecule is CCOC(=O)C1=C(C)N=c2s/c(=C\c3ccc(OC)c(OCC)c3)c(=O)n2C1c1ccc(OC)c(OCC)c1. The predicted molar refractivity (Wildman–Crippen MR) is 149 cm³/mol. The molecule has 0 amide bonds. The number of carbonyl (C=O) groups is 1. The molecule has 0 saturated heterocycles. The molecule has 1 atom stereocenters. The van der Waals surface area contributed by atoms with Crippen LogP contribution in [0.1, 0.15) is 44.9 Å². The molecular weight excluding hydrogens is 520 g/mol. The van der Waals surface area contributed by atoms with Crippen molar-refractivity contribution in [3.05, 3.63) is 78.5 Å². The lowest BCUT2D eigenvalue weighted by Gasteiger charge is -2.25. The molecule has 39 heavy (non-hydrogen) atoms. The van der Waals surface area contributed by atoms with Crippen LogP contribution in [0.2, 0.25) is 0 Å². The third-order valence-corrected chi connectivity index (χ3v) is 7.09. The number of thiazole rings is 1. The number of benzene rings is 2. The summed E-state index contributed by atoms with van der Waals surface area (Å²) in [4.78, 5) is 32.2. The zero-order valence-corrected chi connectivity index (χ0v) is 23.7. The zero-order valence-electron chi connectivity index (χ0n) is 22.9. The first-order valence-corrected chi connectivity index (χ1v) is 13.5. The lowest BCUT2D eigenvalue weighted by Crippen LogP contribution is -2.40. The Bertz CT molecular complexity index is 1590. The van der Waals surface area contributed by atoms with Crippen LogP contribution in [0.3, 0.4) is 0 Å². The topological polar surface area (TPSA) is 97.6 Å². The van der Waals surface area contributed by atoms with Crippen molar-refractivity contribution >= 4 is 23.4 Å². The van der Waals surface area contributed by atoms with E-state index in [1.54, 1.807) is 56.9 Å². The van der Waals surface area contributed by atoms with Crippen molar-refractivity contribution in [1.29, 1.82) is 0 Å². The highest BCUT2D eigenvalue weighted by atomic mass is 32.1. The van der Waals surface area contributed by atoms with Gasteiger partial charge >= 0.3 is 5.97 Å². The zero-order chi connectivity index (χ0) is 28.1. The van der Waals surface area contributed by atoms with Crippen LogP contribution in [0, 0.1) is 0 Å². The summed E-state index contributed by atoms with van der Waals surface area (Å²) >= 11 is 1.25. The van der Waals surface area contributed by atoms with Crippen LogP contribution < -0.4 is 33.8 Å². The number of fused-ring (bicyclic) bond motifs is 1. The molecule has 3 aromatic rings. The molecule has 1 unspecified atom stereocenters. The van der Waals surface area contributed by atoms with Crippen molar-refractivity contribution in [2.45, 2.75) is 33.7 Å². The summed E-state index contributed by atoms with van der Waals surface area (Å²) in [5, 5.41) is 0. The summed E-state index contributed by atoms with van der Waals surface area (Å²) in [6.45, 7) is 8.35. The van der Waals surface area contributed by atoms with Crippen LogP contribution >= 0.6 is 11.3 Å². The number of nitrogens with zero attached hydrogens (tertiary/aromatic N) is 2. The Morgan fingerprint density at radius 2 is 1.59 bits per heavy atom. The molecule has 0 saturated carbocycles. The first-order valence-electron chi connectivity index (χ1n) is 12.7. The van der Waals surface area contributed by atoms with Gasteiger partial charge in [0.05, 0.1) is 55.9 Å². The van der Waals surface area contributed by atoms with E-state index in [9.17, 15) is 9.59 Å². The van der Waals surface area contributed by atoms with Gasteiger partial charge in [0.1, 0.15) is 0 Å².